The molecule has 0 bridgehead atoms. The molecule has 100 valence electrons. The molecule has 0 spiro atoms. The normalized spacial score (nSPS) is 34.8. The van der Waals surface area contributed by atoms with Crippen molar-refractivity contribution in [2.24, 2.45) is 0 Å². The van der Waals surface area contributed by atoms with Crippen LogP contribution in [0.4, 0.5) is 0 Å². The van der Waals surface area contributed by atoms with E-state index < -0.39 is 0 Å². The lowest BCUT2D eigenvalue weighted by Gasteiger charge is -2.21. The molecule has 2 nitrogen and oxygen atoms in total. The molecule has 1 N–H and O–H groups in total. The third kappa shape index (κ3) is 4.76. The summed E-state index contributed by atoms with van der Waals surface area (Å²) in [4.78, 5) is 0. The number of rotatable bonds is 5. The molecular formula is C14H26ClNO. The van der Waals surface area contributed by atoms with E-state index in [0.29, 0.717) is 17.5 Å². The Kier molecular flexibility index (Phi) is 6.10. The van der Waals surface area contributed by atoms with Crippen molar-refractivity contribution in [1.82, 2.24) is 5.32 Å². The molecule has 0 aromatic carbocycles. The van der Waals surface area contributed by atoms with Gasteiger partial charge in [-0.05, 0) is 45.1 Å². The van der Waals surface area contributed by atoms with Crippen molar-refractivity contribution in [3.8, 4) is 0 Å². The van der Waals surface area contributed by atoms with Gasteiger partial charge < -0.3 is 10.1 Å². The van der Waals surface area contributed by atoms with Crippen molar-refractivity contribution < 1.29 is 4.74 Å². The van der Waals surface area contributed by atoms with Crippen LogP contribution < -0.4 is 5.32 Å². The van der Waals surface area contributed by atoms with Gasteiger partial charge in [-0.3, -0.25) is 0 Å². The Labute approximate surface area is 110 Å². The van der Waals surface area contributed by atoms with Crippen molar-refractivity contribution in [3.63, 3.8) is 0 Å². The number of nitrogens with one attached hydrogen (secondary N) is 1. The zero-order valence-corrected chi connectivity index (χ0v) is 11.6. The zero-order chi connectivity index (χ0) is 11.9. The van der Waals surface area contributed by atoms with Gasteiger partial charge in [0.15, 0.2) is 0 Å². The molecule has 2 fully saturated rings. The number of alkyl halides is 1. The first-order valence-electron chi connectivity index (χ1n) is 7.35. The highest BCUT2D eigenvalue weighted by Gasteiger charge is 2.21. The minimum Gasteiger partial charge on any atom is -0.378 e. The highest BCUT2D eigenvalue weighted by atomic mass is 35.5. The molecule has 0 aromatic rings. The molecule has 2 aliphatic rings. The first-order chi connectivity index (χ1) is 8.36. The molecular weight excluding hydrogens is 234 g/mol. The number of ether oxygens (including phenoxy) is 1. The van der Waals surface area contributed by atoms with Crippen molar-refractivity contribution in [2.75, 3.05) is 13.2 Å². The van der Waals surface area contributed by atoms with Crippen LogP contribution in [0.2, 0.25) is 0 Å². The molecule has 17 heavy (non-hydrogen) atoms. The van der Waals surface area contributed by atoms with Crippen LogP contribution >= 0.6 is 11.6 Å². The van der Waals surface area contributed by atoms with Gasteiger partial charge in [-0.25, -0.2) is 0 Å². The topological polar surface area (TPSA) is 21.3 Å². The van der Waals surface area contributed by atoms with Gasteiger partial charge in [0, 0.05) is 18.0 Å². The summed E-state index contributed by atoms with van der Waals surface area (Å²) in [5.74, 6) is 0. The lowest BCUT2D eigenvalue weighted by Crippen LogP contribution is -2.37. The maximum atomic E-state index is 6.41. The van der Waals surface area contributed by atoms with E-state index in [4.69, 9.17) is 16.3 Å². The Balaban J connectivity index is 1.56. The second kappa shape index (κ2) is 7.60. The zero-order valence-electron chi connectivity index (χ0n) is 10.8. The van der Waals surface area contributed by atoms with Gasteiger partial charge in [-0.1, -0.05) is 19.3 Å². The molecule has 1 aliphatic carbocycles. The van der Waals surface area contributed by atoms with Crippen molar-refractivity contribution in [1.29, 1.82) is 0 Å². The van der Waals surface area contributed by atoms with E-state index in [1.807, 2.05) is 0 Å². The molecule has 0 aromatic heterocycles. The first kappa shape index (κ1) is 13.6. The summed E-state index contributed by atoms with van der Waals surface area (Å²) in [6, 6.07) is 0.545. The lowest BCUT2D eigenvalue weighted by atomic mass is 10.1. The second-order valence-corrected chi connectivity index (χ2v) is 6.05. The predicted molar refractivity (Wildman–Crippen MR) is 72.7 cm³/mol. The van der Waals surface area contributed by atoms with Crippen LogP contribution in [0.3, 0.4) is 0 Å². The fourth-order valence-electron chi connectivity index (χ4n) is 2.98. The summed E-state index contributed by atoms with van der Waals surface area (Å²) >= 11 is 6.41. The summed E-state index contributed by atoms with van der Waals surface area (Å²) in [6.45, 7) is 2.08. The van der Waals surface area contributed by atoms with Crippen LogP contribution in [0.5, 0.6) is 0 Å². The molecule has 3 atom stereocenters. The molecule has 1 heterocycles. The summed E-state index contributed by atoms with van der Waals surface area (Å²) in [6.07, 6.45) is 12.0. The summed E-state index contributed by atoms with van der Waals surface area (Å²) in [5.41, 5.74) is 0. The smallest absolute Gasteiger partial charge is 0.0576 e. The van der Waals surface area contributed by atoms with E-state index in [0.717, 1.165) is 13.2 Å². The SMILES string of the molecule is ClC1CCCCCC1NCCCC1CCCO1. The molecule has 1 saturated carbocycles. The predicted octanol–water partition coefficient (Wildman–Crippen LogP) is 3.48. The van der Waals surface area contributed by atoms with E-state index in [-0.39, 0.29) is 0 Å². The Bertz CT molecular complexity index is 206. The molecule has 0 amide bonds. The molecule has 2 rings (SSSR count). The van der Waals surface area contributed by atoms with Crippen molar-refractivity contribution in [3.05, 3.63) is 0 Å². The van der Waals surface area contributed by atoms with Gasteiger partial charge in [0.2, 0.25) is 0 Å². The number of hydrogen-bond donors (Lipinski definition) is 1. The van der Waals surface area contributed by atoms with Crippen LogP contribution in [0, 0.1) is 0 Å². The van der Waals surface area contributed by atoms with Crippen LogP contribution in [-0.4, -0.2) is 30.7 Å². The maximum absolute atomic E-state index is 6.41. The molecule has 1 aliphatic heterocycles. The summed E-state index contributed by atoms with van der Waals surface area (Å²) in [7, 11) is 0. The van der Waals surface area contributed by atoms with Crippen LogP contribution in [0.1, 0.15) is 57.8 Å². The Morgan fingerprint density at radius 3 is 2.76 bits per heavy atom. The molecule has 3 heteroatoms. The van der Waals surface area contributed by atoms with E-state index in [1.165, 1.54) is 57.8 Å². The summed E-state index contributed by atoms with van der Waals surface area (Å²) in [5, 5.41) is 4.00. The second-order valence-electron chi connectivity index (χ2n) is 5.49. The average Bonchev–Trinajstić information content (AvgIpc) is 2.76. The van der Waals surface area contributed by atoms with E-state index in [9.17, 15) is 0 Å². The molecule has 0 radical (unpaired) electrons. The third-order valence-corrected chi connectivity index (χ3v) is 4.59. The highest BCUT2D eigenvalue weighted by molar-refractivity contribution is 6.21. The number of halogens is 1. The minimum absolute atomic E-state index is 0.347. The fraction of sp³-hybridized carbons (Fsp3) is 1.00. The van der Waals surface area contributed by atoms with Crippen molar-refractivity contribution >= 4 is 11.6 Å². The average molecular weight is 260 g/mol. The number of hydrogen-bond acceptors (Lipinski definition) is 2. The Morgan fingerprint density at radius 1 is 1.06 bits per heavy atom. The largest absolute Gasteiger partial charge is 0.378 e. The summed E-state index contributed by atoms with van der Waals surface area (Å²) < 4.78 is 5.63. The van der Waals surface area contributed by atoms with E-state index >= 15 is 0 Å². The van der Waals surface area contributed by atoms with Gasteiger partial charge >= 0.3 is 0 Å². The van der Waals surface area contributed by atoms with E-state index in [1.54, 1.807) is 0 Å². The van der Waals surface area contributed by atoms with Gasteiger partial charge in [0.1, 0.15) is 0 Å². The van der Waals surface area contributed by atoms with Gasteiger partial charge in [-0.2, -0.15) is 0 Å². The lowest BCUT2D eigenvalue weighted by molar-refractivity contribution is 0.102. The van der Waals surface area contributed by atoms with Gasteiger partial charge in [0.25, 0.3) is 0 Å². The highest BCUT2D eigenvalue weighted by Crippen LogP contribution is 2.22. The molecule has 1 saturated heterocycles. The van der Waals surface area contributed by atoms with Gasteiger partial charge in [0.05, 0.1) is 6.10 Å². The quantitative estimate of drug-likeness (QED) is 0.464. The fourth-order valence-corrected chi connectivity index (χ4v) is 3.35. The third-order valence-electron chi connectivity index (χ3n) is 4.07. The molecule has 3 unspecified atom stereocenters. The van der Waals surface area contributed by atoms with Gasteiger partial charge in [-0.15, -0.1) is 11.6 Å². The Hall–Kier alpha value is 0.210. The van der Waals surface area contributed by atoms with Crippen LogP contribution in [0.15, 0.2) is 0 Å². The standard InChI is InChI=1S/C14H26ClNO/c15-13-8-2-1-3-9-14(13)16-10-4-6-12-7-5-11-17-12/h12-14,16H,1-11H2. The minimum atomic E-state index is 0.347. The van der Waals surface area contributed by atoms with Crippen LogP contribution in [0.25, 0.3) is 0 Å². The van der Waals surface area contributed by atoms with E-state index in [2.05, 4.69) is 5.32 Å². The van der Waals surface area contributed by atoms with Crippen LogP contribution in [-0.2, 0) is 4.74 Å². The monoisotopic (exact) mass is 259 g/mol. The maximum Gasteiger partial charge on any atom is 0.0576 e. The first-order valence-corrected chi connectivity index (χ1v) is 7.79. The van der Waals surface area contributed by atoms with Crippen molar-refractivity contribution in [2.45, 2.75) is 75.3 Å². The Morgan fingerprint density at radius 2 is 1.94 bits per heavy atom.